The number of rotatable bonds is 5. The first-order valence-corrected chi connectivity index (χ1v) is 8.61. The molecule has 124 valence electrons. The fourth-order valence-electron chi connectivity index (χ4n) is 2.01. The molecule has 3 aromatic rings. The summed E-state index contributed by atoms with van der Waals surface area (Å²) in [5.74, 6) is 0.514. The van der Waals surface area contributed by atoms with Gasteiger partial charge < -0.3 is 14.5 Å². The smallest absolute Gasteiger partial charge is 0.257 e. The molecule has 5 nitrogen and oxygen atoms in total. The van der Waals surface area contributed by atoms with Crippen LogP contribution in [0.4, 0.5) is 5.69 Å². The van der Waals surface area contributed by atoms with Gasteiger partial charge in [-0.1, -0.05) is 35.0 Å². The van der Waals surface area contributed by atoms with Crippen LogP contribution >= 0.6 is 35.0 Å². The molecule has 8 heteroatoms. The van der Waals surface area contributed by atoms with Crippen molar-refractivity contribution in [3.8, 4) is 5.75 Å². The van der Waals surface area contributed by atoms with E-state index in [0.717, 1.165) is 0 Å². The molecule has 0 bridgehead atoms. The fraction of sp³-hybridized carbons (Fsp3) is 0.125. The van der Waals surface area contributed by atoms with Crippen molar-refractivity contribution in [2.45, 2.75) is 5.22 Å². The number of aromatic nitrogens is 1. The first-order valence-electron chi connectivity index (χ1n) is 6.87. The zero-order valence-corrected chi connectivity index (χ0v) is 14.8. The number of oxazole rings is 1. The number of ether oxygens (including phenoxy) is 1. The minimum Gasteiger partial charge on any atom is -0.495 e. The van der Waals surface area contributed by atoms with Crippen LogP contribution in [-0.4, -0.2) is 23.8 Å². The number of carbonyl (C=O) groups excluding carboxylic acids is 1. The third-order valence-electron chi connectivity index (χ3n) is 3.09. The summed E-state index contributed by atoms with van der Waals surface area (Å²) < 4.78 is 10.6. The first kappa shape index (κ1) is 17.0. The fourth-order valence-corrected chi connectivity index (χ4v) is 3.07. The number of methoxy groups -OCH3 is 1. The van der Waals surface area contributed by atoms with Crippen molar-refractivity contribution in [3.63, 3.8) is 0 Å². The standard InChI is InChI=1S/C16H12Cl2N2O3S/c1-22-13-5-3-10(7-11(13)18)19-15(21)8-24-16-20-12-4-2-9(17)6-14(12)23-16/h2-7H,8H2,1H3,(H,19,21). The lowest BCUT2D eigenvalue weighted by Gasteiger charge is -2.07. The zero-order valence-electron chi connectivity index (χ0n) is 12.5. The first-order chi connectivity index (χ1) is 11.5. The molecule has 0 atom stereocenters. The van der Waals surface area contributed by atoms with E-state index >= 15 is 0 Å². The third kappa shape index (κ3) is 3.95. The predicted molar refractivity (Wildman–Crippen MR) is 96.4 cm³/mol. The molecule has 0 saturated heterocycles. The van der Waals surface area contributed by atoms with Gasteiger partial charge >= 0.3 is 0 Å². The molecule has 0 unspecified atom stereocenters. The van der Waals surface area contributed by atoms with Gasteiger partial charge in [-0.3, -0.25) is 4.79 Å². The second-order valence-corrected chi connectivity index (χ2v) is 6.55. The lowest BCUT2D eigenvalue weighted by atomic mass is 10.3. The van der Waals surface area contributed by atoms with E-state index in [2.05, 4.69) is 10.3 Å². The average molecular weight is 383 g/mol. The Kier molecular flexibility index (Phi) is 5.18. The Labute approximate surface area is 152 Å². The van der Waals surface area contributed by atoms with Crippen LogP contribution in [-0.2, 0) is 4.79 Å². The summed E-state index contributed by atoms with van der Waals surface area (Å²) in [6.07, 6.45) is 0. The molecule has 3 rings (SSSR count). The summed E-state index contributed by atoms with van der Waals surface area (Å²) in [5.41, 5.74) is 1.88. The number of carbonyl (C=O) groups is 1. The van der Waals surface area contributed by atoms with Gasteiger partial charge in [-0.05, 0) is 30.3 Å². The minimum atomic E-state index is -0.193. The quantitative estimate of drug-likeness (QED) is 0.637. The Hall–Kier alpha value is -1.89. The number of amides is 1. The summed E-state index contributed by atoms with van der Waals surface area (Å²) in [4.78, 5) is 16.3. The maximum atomic E-state index is 12.0. The number of fused-ring (bicyclic) bond motifs is 1. The molecule has 2 aromatic carbocycles. The summed E-state index contributed by atoms with van der Waals surface area (Å²) >= 11 is 13.1. The van der Waals surface area contributed by atoms with Gasteiger partial charge in [-0.25, -0.2) is 4.98 Å². The van der Waals surface area contributed by atoms with Crippen molar-refractivity contribution in [2.24, 2.45) is 0 Å². The molecule has 0 spiro atoms. The second kappa shape index (κ2) is 7.34. The van der Waals surface area contributed by atoms with Gasteiger partial charge in [0.2, 0.25) is 5.91 Å². The topological polar surface area (TPSA) is 64.4 Å². The molecule has 1 amide bonds. The van der Waals surface area contributed by atoms with Gasteiger partial charge in [0.05, 0.1) is 17.9 Å². The summed E-state index contributed by atoms with van der Waals surface area (Å²) in [5, 5.41) is 4.17. The Bertz CT molecular complexity index is 898. The summed E-state index contributed by atoms with van der Waals surface area (Å²) in [6, 6.07) is 10.2. The third-order valence-corrected chi connectivity index (χ3v) is 4.45. The number of halogens is 2. The van der Waals surface area contributed by atoms with Crippen LogP contribution in [0, 0.1) is 0 Å². The Morgan fingerprint density at radius 1 is 1.29 bits per heavy atom. The number of hydrogen-bond acceptors (Lipinski definition) is 5. The highest BCUT2D eigenvalue weighted by Gasteiger charge is 2.11. The lowest BCUT2D eigenvalue weighted by Crippen LogP contribution is -2.13. The van der Waals surface area contributed by atoms with Gasteiger partial charge in [0, 0.05) is 16.8 Å². The van der Waals surface area contributed by atoms with Gasteiger partial charge in [0.15, 0.2) is 5.58 Å². The molecule has 1 heterocycles. The Balaban J connectivity index is 1.61. The van der Waals surface area contributed by atoms with Crippen molar-refractivity contribution in [3.05, 3.63) is 46.4 Å². The number of nitrogens with zero attached hydrogens (tertiary/aromatic N) is 1. The summed E-state index contributed by atoms with van der Waals surface area (Å²) in [7, 11) is 1.53. The predicted octanol–water partition coefficient (Wildman–Crippen LogP) is 4.87. The zero-order chi connectivity index (χ0) is 17.1. The van der Waals surface area contributed by atoms with Crippen molar-refractivity contribution >= 4 is 57.7 Å². The van der Waals surface area contributed by atoms with Gasteiger partial charge in [-0.2, -0.15) is 0 Å². The highest BCUT2D eigenvalue weighted by atomic mass is 35.5. The number of thioether (sulfide) groups is 1. The van der Waals surface area contributed by atoms with Gasteiger partial charge in [0.25, 0.3) is 5.22 Å². The molecule has 0 saturated carbocycles. The van der Waals surface area contributed by atoms with E-state index in [-0.39, 0.29) is 11.7 Å². The van der Waals surface area contributed by atoms with E-state index in [1.165, 1.54) is 18.9 Å². The maximum absolute atomic E-state index is 12.0. The number of hydrogen-bond donors (Lipinski definition) is 1. The Morgan fingerprint density at radius 3 is 2.88 bits per heavy atom. The molecule has 0 aliphatic rings. The lowest BCUT2D eigenvalue weighted by molar-refractivity contribution is -0.113. The SMILES string of the molecule is COc1ccc(NC(=O)CSc2nc3ccc(Cl)cc3o2)cc1Cl. The molecule has 1 N–H and O–H groups in total. The molecular weight excluding hydrogens is 371 g/mol. The largest absolute Gasteiger partial charge is 0.495 e. The molecule has 1 aromatic heterocycles. The van der Waals surface area contributed by atoms with Crippen molar-refractivity contribution in [1.82, 2.24) is 4.98 Å². The van der Waals surface area contributed by atoms with Crippen molar-refractivity contribution in [1.29, 1.82) is 0 Å². The van der Waals surface area contributed by atoms with E-state index in [1.54, 1.807) is 36.4 Å². The molecule has 0 aliphatic carbocycles. The van der Waals surface area contributed by atoms with Crippen LogP contribution in [0.3, 0.4) is 0 Å². The molecule has 0 aliphatic heterocycles. The molecular formula is C16H12Cl2N2O3S. The van der Waals surface area contributed by atoms with Crippen LogP contribution in [0.5, 0.6) is 5.75 Å². The maximum Gasteiger partial charge on any atom is 0.257 e. The normalized spacial score (nSPS) is 10.8. The Morgan fingerprint density at radius 2 is 2.12 bits per heavy atom. The van der Waals surface area contributed by atoms with E-state index < -0.39 is 0 Å². The van der Waals surface area contributed by atoms with E-state index in [9.17, 15) is 4.79 Å². The highest BCUT2D eigenvalue weighted by Crippen LogP contribution is 2.28. The van der Waals surface area contributed by atoms with Crippen LogP contribution < -0.4 is 10.1 Å². The molecule has 0 fully saturated rings. The molecule has 24 heavy (non-hydrogen) atoms. The number of anilines is 1. The van der Waals surface area contributed by atoms with Crippen LogP contribution in [0.25, 0.3) is 11.1 Å². The second-order valence-electron chi connectivity index (χ2n) is 4.78. The van der Waals surface area contributed by atoms with Crippen LogP contribution in [0.15, 0.2) is 46.0 Å². The van der Waals surface area contributed by atoms with Crippen LogP contribution in [0.2, 0.25) is 10.0 Å². The van der Waals surface area contributed by atoms with Crippen molar-refractivity contribution < 1.29 is 13.9 Å². The van der Waals surface area contributed by atoms with E-state index in [4.69, 9.17) is 32.4 Å². The molecule has 0 radical (unpaired) electrons. The minimum absolute atomic E-state index is 0.157. The average Bonchev–Trinajstić information content (AvgIpc) is 2.95. The van der Waals surface area contributed by atoms with Crippen molar-refractivity contribution in [2.75, 3.05) is 18.2 Å². The highest BCUT2D eigenvalue weighted by molar-refractivity contribution is 7.99. The monoisotopic (exact) mass is 382 g/mol. The van der Waals surface area contributed by atoms with Crippen LogP contribution in [0.1, 0.15) is 0 Å². The van der Waals surface area contributed by atoms with E-state index in [1.807, 2.05) is 0 Å². The van der Waals surface area contributed by atoms with Gasteiger partial charge in [0.1, 0.15) is 11.3 Å². The van der Waals surface area contributed by atoms with E-state index in [0.29, 0.717) is 37.8 Å². The van der Waals surface area contributed by atoms with Gasteiger partial charge in [-0.15, -0.1) is 0 Å². The summed E-state index contributed by atoms with van der Waals surface area (Å²) in [6.45, 7) is 0. The number of benzene rings is 2. The number of nitrogens with one attached hydrogen (secondary N) is 1.